The van der Waals surface area contributed by atoms with Crippen molar-refractivity contribution in [2.75, 3.05) is 6.61 Å². The van der Waals surface area contributed by atoms with Gasteiger partial charge in [-0.1, -0.05) is 13.8 Å². The van der Waals surface area contributed by atoms with Crippen LogP contribution in [0.4, 0.5) is 0 Å². The molecule has 4 atom stereocenters. The largest absolute Gasteiger partial charge is 0.375 e. The summed E-state index contributed by atoms with van der Waals surface area (Å²) in [7, 11) is 0. The monoisotopic (exact) mass is 251 g/mol. The minimum atomic E-state index is 0.293. The number of nitrogens with one attached hydrogen (secondary N) is 1. The first kappa shape index (κ1) is 12.9. The molecule has 0 aromatic rings. The Morgan fingerprint density at radius 2 is 1.94 bits per heavy atom. The third-order valence-electron chi connectivity index (χ3n) is 5.64. The maximum atomic E-state index is 6.02. The van der Waals surface area contributed by atoms with Crippen LogP contribution in [0.25, 0.3) is 0 Å². The molecule has 0 amide bonds. The van der Waals surface area contributed by atoms with Crippen molar-refractivity contribution in [2.45, 2.75) is 82.9 Å². The lowest BCUT2D eigenvalue weighted by Gasteiger charge is -2.48. The molecule has 0 aromatic carbocycles. The summed E-state index contributed by atoms with van der Waals surface area (Å²) in [5, 5.41) is 3.97. The standard InChI is InChI=1S/C16H29NO/c1-12-4-5-15(13(2)10-12)17-14-6-9-18-16(11-14)7-3-8-16/h12-15,17H,3-11H2,1-2H3. The fraction of sp³-hybridized carbons (Fsp3) is 1.00. The molecule has 0 bridgehead atoms. The van der Waals surface area contributed by atoms with E-state index in [1.54, 1.807) is 0 Å². The van der Waals surface area contributed by atoms with Crippen molar-refractivity contribution in [3.8, 4) is 0 Å². The molecule has 4 unspecified atom stereocenters. The van der Waals surface area contributed by atoms with Crippen LogP contribution in [0, 0.1) is 11.8 Å². The van der Waals surface area contributed by atoms with E-state index in [0.29, 0.717) is 5.60 Å². The van der Waals surface area contributed by atoms with Gasteiger partial charge < -0.3 is 10.1 Å². The van der Waals surface area contributed by atoms with E-state index in [2.05, 4.69) is 19.2 Å². The van der Waals surface area contributed by atoms with Gasteiger partial charge in [-0.15, -0.1) is 0 Å². The molecule has 18 heavy (non-hydrogen) atoms. The molecule has 3 fully saturated rings. The van der Waals surface area contributed by atoms with Gasteiger partial charge in [0.1, 0.15) is 0 Å². The predicted molar refractivity (Wildman–Crippen MR) is 74.7 cm³/mol. The number of rotatable bonds is 2. The number of ether oxygens (including phenoxy) is 1. The minimum absolute atomic E-state index is 0.293. The van der Waals surface area contributed by atoms with Gasteiger partial charge in [-0.3, -0.25) is 0 Å². The molecule has 2 saturated carbocycles. The molecule has 3 aliphatic rings. The van der Waals surface area contributed by atoms with E-state index in [1.807, 2.05) is 0 Å². The topological polar surface area (TPSA) is 21.3 Å². The second-order valence-corrected chi connectivity index (χ2v) is 7.24. The molecular formula is C16H29NO. The van der Waals surface area contributed by atoms with E-state index in [-0.39, 0.29) is 0 Å². The Balaban J connectivity index is 1.52. The van der Waals surface area contributed by atoms with E-state index < -0.39 is 0 Å². The quantitative estimate of drug-likeness (QED) is 0.811. The highest BCUT2D eigenvalue weighted by atomic mass is 16.5. The van der Waals surface area contributed by atoms with Crippen molar-refractivity contribution in [1.29, 1.82) is 0 Å². The van der Waals surface area contributed by atoms with Gasteiger partial charge in [-0.05, 0) is 63.2 Å². The summed E-state index contributed by atoms with van der Waals surface area (Å²) in [6.45, 7) is 5.82. The van der Waals surface area contributed by atoms with E-state index in [0.717, 1.165) is 30.5 Å². The highest BCUT2D eigenvalue weighted by Crippen LogP contribution is 2.42. The lowest BCUT2D eigenvalue weighted by atomic mass is 9.73. The van der Waals surface area contributed by atoms with Gasteiger partial charge in [-0.25, -0.2) is 0 Å². The second-order valence-electron chi connectivity index (χ2n) is 7.24. The van der Waals surface area contributed by atoms with Crippen LogP contribution in [-0.2, 0) is 4.74 Å². The fourth-order valence-electron chi connectivity index (χ4n) is 4.31. The Morgan fingerprint density at radius 3 is 2.61 bits per heavy atom. The van der Waals surface area contributed by atoms with Crippen LogP contribution >= 0.6 is 0 Å². The van der Waals surface area contributed by atoms with E-state index in [1.165, 1.54) is 51.4 Å². The van der Waals surface area contributed by atoms with Crippen LogP contribution < -0.4 is 5.32 Å². The normalized spacial score (nSPS) is 43.7. The average Bonchev–Trinajstić information content (AvgIpc) is 2.31. The van der Waals surface area contributed by atoms with Crippen molar-refractivity contribution in [3.05, 3.63) is 0 Å². The summed E-state index contributed by atoms with van der Waals surface area (Å²) < 4.78 is 6.02. The van der Waals surface area contributed by atoms with Gasteiger partial charge in [0.05, 0.1) is 5.60 Å². The molecule has 1 spiro atoms. The maximum absolute atomic E-state index is 6.02. The lowest BCUT2D eigenvalue weighted by Crippen LogP contribution is -2.54. The molecule has 1 aliphatic heterocycles. The summed E-state index contributed by atoms with van der Waals surface area (Å²) in [4.78, 5) is 0. The molecule has 1 N–H and O–H groups in total. The number of hydrogen-bond donors (Lipinski definition) is 1. The minimum Gasteiger partial charge on any atom is -0.375 e. The van der Waals surface area contributed by atoms with Gasteiger partial charge in [0.2, 0.25) is 0 Å². The molecule has 0 aromatic heterocycles. The Hall–Kier alpha value is -0.0800. The zero-order chi connectivity index (χ0) is 12.6. The molecule has 0 radical (unpaired) electrons. The highest BCUT2D eigenvalue weighted by Gasteiger charge is 2.43. The van der Waals surface area contributed by atoms with Crippen molar-refractivity contribution in [3.63, 3.8) is 0 Å². The summed E-state index contributed by atoms with van der Waals surface area (Å²) in [5.41, 5.74) is 0.293. The zero-order valence-corrected chi connectivity index (χ0v) is 12.1. The van der Waals surface area contributed by atoms with Gasteiger partial charge in [0.15, 0.2) is 0 Å². The lowest BCUT2D eigenvalue weighted by molar-refractivity contribution is -0.137. The fourth-order valence-corrected chi connectivity index (χ4v) is 4.31. The zero-order valence-electron chi connectivity index (χ0n) is 12.1. The molecule has 2 nitrogen and oxygen atoms in total. The van der Waals surface area contributed by atoms with Gasteiger partial charge >= 0.3 is 0 Å². The summed E-state index contributed by atoms with van der Waals surface area (Å²) in [6, 6.07) is 1.49. The van der Waals surface area contributed by atoms with Crippen LogP contribution in [0.3, 0.4) is 0 Å². The maximum Gasteiger partial charge on any atom is 0.0697 e. The van der Waals surface area contributed by atoms with Crippen LogP contribution in [-0.4, -0.2) is 24.3 Å². The second kappa shape index (κ2) is 5.13. The Morgan fingerprint density at radius 1 is 1.11 bits per heavy atom. The molecule has 1 saturated heterocycles. The van der Waals surface area contributed by atoms with Crippen LogP contribution in [0.1, 0.15) is 65.2 Å². The predicted octanol–water partition coefficient (Wildman–Crippen LogP) is 3.50. The summed E-state index contributed by atoms with van der Waals surface area (Å²) in [6.07, 6.45) is 10.7. The Bertz CT molecular complexity index is 287. The Labute approximate surface area is 112 Å². The van der Waals surface area contributed by atoms with E-state index in [9.17, 15) is 0 Å². The van der Waals surface area contributed by atoms with Crippen molar-refractivity contribution >= 4 is 0 Å². The third-order valence-corrected chi connectivity index (χ3v) is 5.64. The van der Waals surface area contributed by atoms with Crippen LogP contribution in [0.2, 0.25) is 0 Å². The van der Waals surface area contributed by atoms with Crippen molar-refractivity contribution in [2.24, 2.45) is 11.8 Å². The van der Waals surface area contributed by atoms with Crippen molar-refractivity contribution < 1.29 is 4.74 Å². The summed E-state index contributed by atoms with van der Waals surface area (Å²) >= 11 is 0. The molecule has 3 rings (SSSR count). The molecule has 2 aliphatic carbocycles. The van der Waals surface area contributed by atoms with Crippen LogP contribution in [0.15, 0.2) is 0 Å². The highest BCUT2D eigenvalue weighted by molar-refractivity contribution is 4.97. The Kier molecular flexibility index (Phi) is 3.68. The van der Waals surface area contributed by atoms with Gasteiger partial charge in [0.25, 0.3) is 0 Å². The van der Waals surface area contributed by atoms with Gasteiger partial charge in [-0.2, -0.15) is 0 Å². The smallest absolute Gasteiger partial charge is 0.0697 e. The van der Waals surface area contributed by atoms with Crippen molar-refractivity contribution in [1.82, 2.24) is 5.32 Å². The third kappa shape index (κ3) is 2.60. The first-order chi connectivity index (χ1) is 8.67. The molecular weight excluding hydrogens is 222 g/mol. The molecule has 2 heteroatoms. The van der Waals surface area contributed by atoms with E-state index >= 15 is 0 Å². The number of hydrogen-bond acceptors (Lipinski definition) is 2. The first-order valence-corrected chi connectivity index (χ1v) is 8.07. The average molecular weight is 251 g/mol. The summed E-state index contributed by atoms with van der Waals surface area (Å²) in [5.74, 6) is 1.79. The molecule has 1 heterocycles. The SMILES string of the molecule is CC1CCC(NC2CCOC3(CCC3)C2)C(C)C1. The van der Waals surface area contributed by atoms with E-state index in [4.69, 9.17) is 4.74 Å². The first-order valence-electron chi connectivity index (χ1n) is 8.07. The molecule has 104 valence electrons. The van der Waals surface area contributed by atoms with Crippen LogP contribution in [0.5, 0.6) is 0 Å². The van der Waals surface area contributed by atoms with Gasteiger partial charge in [0, 0.05) is 18.7 Å².